The molecule has 0 radical (unpaired) electrons. The third-order valence-corrected chi connectivity index (χ3v) is 4.67. The van der Waals surface area contributed by atoms with Crippen molar-refractivity contribution in [3.05, 3.63) is 57.7 Å². The van der Waals surface area contributed by atoms with Crippen molar-refractivity contribution >= 4 is 33.8 Å². The summed E-state index contributed by atoms with van der Waals surface area (Å²) >= 11 is 3.37. The number of amides is 2. The van der Waals surface area contributed by atoms with Crippen molar-refractivity contribution in [1.29, 1.82) is 0 Å². The van der Waals surface area contributed by atoms with Gasteiger partial charge in [-0.25, -0.2) is 4.98 Å². The van der Waals surface area contributed by atoms with Crippen LogP contribution in [0.15, 0.2) is 40.8 Å². The van der Waals surface area contributed by atoms with Gasteiger partial charge in [0.2, 0.25) is 5.91 Å². The van der Waals surface area contributed by atoms with Gasteiger partial charge in [-0.1, -0.05) is 48.8 Å². The molecule has 136 valence electrons. The maximum Gasteiger partial charge on any atom is 0.268 e. The minimum Gasteiger partial charge on any atom is -0.348 e. The minimum atomic E-state index is -0.633. The lowest BCUT2D eigenvalue weighted by Crippen LogP contribution is -2.55. The van der Waals surface area contributed by atoms with Crippen molar-refractivity contribution < 1.29 is 9.59 Å². The Morgan fingerprint density at radius 1 is 1.19 bits per heavy atom. The standard InChI is InChI=1S/C19H21BrN4O2/c1-19(2,3)16-13(21-10-22-16)9-15-18(26)23-14(17(25)24-15)8-11-4-6-12(20)7-5-11/h4-8,10,15H,9H2,1-3H3,(H,21,22)(H,23,26)(H,24,25)/b14-8-. The van der Waals surface area contributed by atoms with Gasteiger partial charge in [0.25, 0.3) is 5.91 Å². The number of rotatable bonds is 3. The van der Waals surface area contributed by atoms with Crippen molar-refractivity contribution in [3.63, 3.8) is 0 Å². The number of nitrogens with zero attached hydrogens (tertiary/aromatic N) is 1. The summed E-state index contributed by atoms with van der Waals surface area (Å²) in [6.07, 6.45) is 3.65. The molecule has 1 unspecified atom stereocenters. The van der Waals surface area contributed by atoms with Crippen LogP contribution in [-0.4, -0.2) is 27.8 Å². The van der Waals surface area contributed by atoms with Gasteiger partial charge in [0.05, 0.1) is 12.0 Å². The molecule has 26 heavy (non-hydrogen) atoms. The quantitative estimate of drug-likeness (QED) is 0.672. The Kier molecular flexibility index (Phi) is 5.00. The lowest BCUT2D eigenvalue weighted by Gasteiger charge is -2.26. The van der Waals surface area contributed by atoms with Crippen LogP contribution < -0.4 is 10.6 Å². The van der Waals surface area contributed by atoms with Crippen LogP contribution in [0.25, 0.3) is 6.08 Å². The lowest BCUT2D eigenvalue weighted by molar-refractivity contribution is -0.131. The topological polar surface area (TPSA) is 86.9 Å². The molecule has 0 saturated carbocycles. The summed E-state index contributed by atoms with van der Waals surface area (Å²) in [7, 11) is 0. The number of aromatic nitrogens is 2. The molecule has 1 aliphatic heterocycles. The number of hydrogen-bond acceptors (Lipinski definition) is 3. The molecule has 3 N–H and O–H groups in total. The van der Waals surface area contributed by atoms with Gasteiger partial charge < -0.3 is 15.6 Å². The molecule has 0 spiro atoms. The van der Waals surface area contributed by atoms with Crippen LogP contribution in [0.3, 0.4) is 0 Å². The average Bonchev–Trinajstić information content (AvgIpc) is 3.03. The van der Waals surface area contributed by atoms with Gasteiger partial charge >= 0.3 is 0 Å². The van der Waals surface area contributed by atoms with Gasteiger partial charge in [-0.2, -0.15) is 0 Å². The molecule has 1 aromatic heterocycles. The lowest BCUT2D eigenvalue weighted by atomic mass is 9.89. The molecular weight excluding hydrogens is 396 g/mol. The summed E-state index contributed by atoms with van der Waals surface area (Å²) in [5.41, 5.74) is 2.70. The molecule has 3 rings (SSSR count). The molecule has 1 aliphatic rings. The van der Waals surface area contributed by atoms with Crippen LogP contribution in [0, 0.1) is 0 Å². The zero-order valence-electron chi connectivity index (χ0n) is 14.9. The Morgan fingerprint density at radius 3 is 2.54 bits per heavy atom. The number of nitrogens with one attached hydrogen (secondary N) is 3. The largest absolute Gasteiger partial charge is 0.348 e. The molecule has 0 bridgehead atoms. The van der Waals surface area contributed by atoms with E-state index in [4.69, 9.17) is 0 Å². The molecular formula is C19H21BrN4O2. The van der Waals surface area contributed by atoms with Gasteiger partial charge in [0.1, 0.15) is 11.7 Å². The minimum absolute atomic E-state index is 0.142. The highest BCUT2D eigenvalue weighted by Crippen LogP contribution is 2.24. The van der Waals surface area contributed by atoms with E-state index in [0.717, 1.165) is 21.4 Å². The smallest absolute Gasteiger partial charge is 0.268 e. The number of aromatic amines is 1. The first-order valence-corrected chi connectivity index (χ1v) is 9.15. The molecule has 1 aromatic carbocycles. The third-order valence-electron chi connectivity index (χ3n) is 4.14. The fourth-order valence-corrected chi connectivity index (χ4v) is 3.14. The predicted octanol–water partition coefficient (Wildman–Crippen LogP) is 2.67. The second kappa shape index (κ2) is 7.07. The zero-order valence-corrected chi connectivity index (χ0v) is 16.5. The van der Waals surface area contributed by atoms with Crippen LogP contribution in [0.1, 0.15) is 37.7 Å². The summed E-state index contributed by atoms with van der Waals surface area (Å²) in [5, 5.41) is 5.50. The van der Waals surface area contributed by atoms with Crippen LogP contribution >= 0.6 is 15.9 Å². The number of hydrogen-bond donors (Lipinski definition) is 3. The van der Waals surface area contributed by atoms with Crippen molar-refractivity contribution in [2.45, 2.75) is 38.6 Å². The van der Waals surface area contributed by atoms with E-state index in [2.05, 4.69) is 57.3 Å². The Hall–Kier alpha value is -2.41. The van der Waals surface area contributed by atoms with Crippen LogP contribution in [-0.2, 0) is 21.4 Å². The number of carbonyl (C=O) groups excluding carboxylic acids is 2. The molecule has 7 heteroatoms. The molecule has 2 aromatic rings. The number of imidazole rings is 1. The van der Waals surface area contributed by atoms with E-state index in [9.17, 15) is 9.59 Å². The SMILES string of the molecule is CC(C)(C)c1nc[nH]c1CC1NC(=O)/C(=C/c2ccc(Br)cc2)NC1=O. The van der Waals surface area contributed by atoms with E-state index >= 15 is 0 Å². The van der Waals surface area contributed by atoms with Crippen molar-refractivity contribution in [2.75, 3.05) is 0 Å². The summed E-state index contributed by atoms with van der Waals surface area (Å²) in [6, 6.07) is 6.85. The summed E-state index contributed by atoms with van der Waals surface area (Å²) in [5.74, 6) is -0.531. The van der Waals surface area contributed by atoms with Crippen molar-refractivity contribution in [2.24, 2.45) is 0 Å². The van der Waals surface area contributed by atoms with Crippen molar-refractivity contribution in [1.82, 2.24) is 20.6 Å². The number of benzene rings is 1. The highest BCUT2D eigenvalue weighted by molar-refractivity contribution is 9.10. The second-order valence-corrected chi connectivity index (χ2v) is 8.22. The van der Waals surface area contributed by atoms with Crippen LogP contribution in [0.2, 0.25) is 0 Å². The summed E-state index contributed by atoms with van der Waals surface area (Å²) < 4.78 is 0.950. The molecule has 1 atom stereocenters. The first-order valence-electron chi connectivity index (χ1n) is 8.36. The zero-order chi connectivity index (χ0) is 18.9. The van der Waals surface area contributed by atoms with E-state index in [1.165, 1.54) is 0 Å². The molecule has 1 fully saturated rings. The molecule has 2 amide bonds. The van der Waals surface area contributed by atoms with E-state index in [-0.39, 0.29) is 22.9 Å². The Morgan fingerprint density at radius 2 is 1.88 bits per heavy atom. The van der Waals surface area contributed by atoms with Gasteiger partial charge in [-0.3, -0.25) is 9.59 Å². The molecule has 1 saturated heterocycles. The molecule has 2 heterocycles. The third kappa shape index (κ3) is 4.04. The van der Waals surface area contributed by atoms with E-state index in [1.54, 1.807) is 12.4 Å². The summed E-state index contributed by atoms with van der Waals surface area (Å²) in [6.45, 7) is 6.18. The second-order valence-electron chi connectivity index (χ2n) is 7.31. The van der Waals surface area contributed by atoms with Crippen LogP contribution in [0.4, 0.5) is 0 Å². The number of piperazine rings is 1. The maximum absolute atomic E-state index is 12.5. The monoisotopic (exact) mass is 416 g/mol. The fourth-order valence-electron chi connectivity index (χ4n) is 2.88. The Labute approximate surface area is 160 Å². The first-order chi connectivity index (χ1) is 12.2. The fraction of sp³-hybridized carbons (Fsp3) is 0.316. The average molecular weight is 417 g/mol. The number of H-pyrrole nitrogens is 1. The van der Waals surface area contributed by atoms with Gasteiger partial charge in [-0.15, -0.1) is 0 Å². The van der Waals surface area contributed by atoms with E-state index in [1.807, 2.05) is 24.3 Å². The summed E-state index contributed by atoms with van der Waals surface area (Å²) in [4.78, 5) is 32.3. The van der Waals surface area contributed by atoms with Gasteiger partial charge in [0.15, 0.2) is 0 Å². The Balaban J connectivity index is 1.75. The van der Waals surface area contributed by atoms with E-state index < -0.39 is 6.04 Å². The van der Waals surface area contributed by atoms with Gasteiger partial charge in [0, 0.05) is 22.0 Å². The maximum atomic E-state index is 12.5. The van der Waals surface area contributed by atoms with Gasteiger partial charge in [-0.05, 0) is 23.8 Å². The number of carbonyl (C=O) groups is 2. The number of halogens is 1. The molecule has 6 nitrogen and oxygen atoms in total. The highest BCUT2D eigenvalue weighted by Gasteiger charge is 2.32. The highest BCUT2D eigenvalue weighted by atomic mass is 79.9. The van der Waals surface area contributed by atoms with Crippen LogP contribution in [0.5, 0.6) is 0 Å². The molecule has 0 aliphatic carbocycles. The van der Waals surface area contributed by atoms with Crippen molar-refractivity contribution in [3.8, 4) is 0 Å². The first kappa shape index (κ1) is 18.4. The normalized spacial score (nSPS) is 19.4. The van der Waals surface area contributed by atoms with E-state index in [0.29, 0.717) is 6.42 Å². The Bertz CT molecular complexity index is 862. The predicted molar refractivity (Wildman–Crippen MR) is 103 cm³/mol.